The average molecular weight is 242 g/mol. The first-order valence-corrected chi connectivity index (χ1v) is 5.37. The fourth-order valence-electron chi connectivity index (χ4n) is 1.55. The molecular formula is C11H12ClNO3. The van der Waals surface area contributed by atoms with Gasteiger partial charge in [-0.25, -0.2) is 0 Å². The molecule has 1 aliphatic heterocycles. The van der Waals surface area contributed by atoms with E-state index in [0.29, 0.717) is 35.3 Å². The van der Waals surface area contributed by atoms with Crippen molar-refractivity contribution in [2.45, 2.75) is 13.0 Å². The lowest BCUT2D eigenvalue weighted by Crippen LogP contribution is -2.28. The maximum absolute atomic E-state index is 11.9. The van der Waals surface area contributed by atoms with Crippen molar-refractivity contribution in [3.05, 3.63) is 22.7 Å². The molecule has 5 heteroatoms. The predicted molar refractivity (Wildman–Crippen MR) is 60.4 cm³/mol. The van der Waals surface area contributed by atoms with Crippen LogP contribution < -0.4 is 15.2 Å². The van der Waals surface area contributed by atoms with Gasteiger partial charge >= 0.3 is 0 Å². The zero-order chi connectivity index (χ0) is 11.7. The number of benzene rings is 1. The molecule has 16 heavy (non-hydrogen) atoms. The van der Waals surface area contributed by atoms with E-state index >= 15 is 0 Å². The Bertz CT molecular complexity index is 431. The van der Waals surface area contributed by atoms with Crippen LogP contribution in [0.25, 0.3) is 0 Å². The van der Waals surface area contributed by atoms with Crippen molar-refractivity contribution in [1.82, 2.24) is 0 Å². The van der Waals surface area contributed by atoms with Gasteiger partial charge in [-0.15, -0.1) is 0 Å². The van der Waals surface area contributed by atoms with Gasteiger partial charge in [-0.1, -0.05) is 11.6 Å². The minimum absolute atomic E-state index is 0.243. The van der Waals surface area contributed by atoms with E-state index in [9.17, 15) is 4.79 Å². The molecule has 0 radical (unpaired) electrons. The van der Waals surface area contributed by atoms with Crippen LogP contribution in [0.5, 0.6) is 11.5 Å². The zero-order valence-corrected chi connectivity index (χ0v) is 9.58. The lowest BCUT2D eigenvalue weighted by Gasteiger charge is -2.21. The number of hydrogen-bond donors (Lipinski definition) is 1. The summed E-state index contributed by atoms with van der Waals surface area (Å²) in [7, 11) is 0. The summed E-state index contributed by atoms with van der Waals surface area (Å²) in [5, 5.41) is 0.339. The molecular weight excluding hydrogens is 230 g/mol. The molecule has 0 saturated heterocycles. The van der Waals surface area contributed by atoms with Crippen LogP contribution in [0.15, 0.2) is 12.1 Å². The molecule has 1 atom stereocenters. The molecule has 0 bridgehead atoms. The van der Waals surface area contributed by atoms with E-state index in [1.54, 1.807) is 19.1 Å². The fourth-order valence-corrected chi connectivity index (χ4v) is 1.79. The normalized spacial score (nSPS) is 15.7. The maximum Gasteiger partial charge on any atom is 0.184 e. The van der Waals surface area contributed by atoms with Gasteiger partial charge in [0, 0.05) is 0 Å². The number of carbonyl (C=O) groups excluding carboxylic acids is 1. The number of ketones is 1. The highest BCUT2D eigenvalue weighted by atomic mass is 35.5. The fraction of sp³-hybridized carbons (Fsp3) is 0.364. The van der Waals surface area contributed by atoms with Crippen LogP contribution in [0.4, 0.5) is 0 Å². The molecule has 0 aliphatic carbocycles. The van der Waals surface area contributed by atoms with Gasteiger partial charge < -0.3 is 15.2 Å². The summed E-state index contributed by atoms with van der Waals surface area (Å²) < 4.78 is 10.8. The number of carbonyl (C=O) groups is 1. The molecule has 4 nitrogen and oxygen atoms in total. The Morgan fingerprint density at radius 1 is 1.44 bits per heavy atom. The second kappa shape index (κ2) is 4.31. The summed E-state index contributed by atoms with van der Waals surface area (Å²) in [4.78, 5) is 11.9. The van der Waals surface area contributed by atoms with Gasteiger partial charge in [0.15, 0.2) is 17.3 Å². The second-order valence-electron chi connectivity index (χ2n) is 3.60. The summed E-state index contributed by atoms with van der Waals surface area (Å²) >= 11 is 5.99. The highest BCUT2D eigenvalue weighted by Gasteiger charge is 2.25. The van der Waals surface area contributed by atoms with Gasteiger partial charge in [0.25, 0.3) is 0 Å². The first kappa shape index (κ1) is 11.2. The molecule has 0 aromatic heterocycles. The van der Waals surface area contributed by atoms with Crippen molar-refractivity contribution in [1.29, 1.82) is 0 Å². The summed E-state index contributed by atoms with van der Waals surface area (Å²) in [6.07, 6.45) is 0. The topological polar surface area (TPSA) is 61.6 Å². The molecule has 0 fully saturated rings. The van der Waals surface area contributed by atoms with Crippen molar-refractivity contribution in [2.24, 2.45) is 5.73 Å². The third-order valence-corrected chi connectivity index (χ3v) is 2.63. The van der Waals surface area contributed by atoms with Crippen LogP contribution in [-0.2, 0) is 0 Å². The number of nitrogens with two attached hydrogens (primary N) is 1. The lowest BCUT2D eigenvalue weighted by atomic mass is 10.0. The van der Waals surface area contributed by atoms with E-state index in [1.807, 2.05) is 0 Å². The average Bonchev–Trinajstić information content (AvgIpc) is 2.28. The largest absolute Gasteiger partial charge is 0.486 e. The Labute approximate surface area is 98.3 Å². The zero-order valence-electron chi connectivity index (χ0n) is 8.83. The van der Waals surface area contributed by atoms with Crippen molar-refractivity contribution in [2.75, 3.05) is 13.2 Å². The van der Waals surface area contributed by atoms with Gasteiger partial charge in [0.05, 0.1) is 16.6 Å². The van der Waals surface area contributed by atoms with Crippen molar-refractivity contribution in [3.63, 3.8) is 0 Å². The van der Waals surface area contributed by atoms with Crippen LogP contribution in [0, 0.1) is 0 Å². The number of fused-ring (bicyclic) bond motifs is 1. The van der Waals surface area contributed by atoms with Gasteiger partial charge in [-0.2, -0.15) is 0 Å². The Kier molecular flexibility index (Phi) is 3.03. The quantitative estimate of drug-likeness (QED) is 0.800. The van der Waals surface area contributed by atoms with Gasteiger partial charge in [-0.3, -0.25) is 4.79 Å². The van der Waals surface area contributed by atoms with Gasteiger partial charge in [0.1, 0.15) is 13.2 Å². The Hall–Kier alpha value is -1.26. The molecule has 1 aromatic carbocycles. The lowest BCUT2D eigenvalue weighted by molar-refractivity contribution is 0.0957. The van der Waals surface area contributed by atoms with E-state index < -0.39 is 6.04 Å². The molecule has 0 amide bonds. The van der Waals surface area contributed by atoms with E-state index in [4.69, 9.17) is 26.8 Å². The molecule has 86 valence electrons. The van der Waals surface area contributed by atoms with E-state index in [-0.39, 0.29) is 5.78 Å². The van der Waals surface area contributed by atoms with Crippen LogP contribution in [0.3, 0.4) is 0 Å². The Morgan fingerprint density at radius 3 is 2.81 bits per heavy atom. The smallest absolute Gasteiger partial charge is 0.184 e. The molecule has 1 heterocycles. The summed E-state index contributed by atoms with van der Waals surface area (Å²) in [6, 6.07) is 2.69. The summed E-state index contributed by atoms with van der Waals surface area (Å²) in [5.74, 6) is 0.702. The highest BCUT2D eigenvalue weighted by molar-refractivity contribution is 6.34. The summed E-state index contributed by atoms with van der Waals surface area (Å²) in [6.45, 7) is 2.49. The van der Waals surface area contributed by atoms with E-state index in [2.05, 4.69) is 0 Å². The number of rotatable bonds is 2. The number of Topliss-reactive ketones (excluding diaryl/α,β-unsaturated/α-hetero) is 1. The summed E-state index contributed by atoms with van der Waals surface area (Å²) in [5.41, 5.74) is 5.88. The third-order valence-electron chi connectivity index (χ3n) is 2.32. The molecule has 0 saturated carbocycles. The third kappa shape index (κ3) is 1.86. The second-order valence-corrected chi connectivity index (χ2v) is 4.01. The standard InChI is InChI=1S/C11H12ClNO3/c1-6(13)10(14)9-7(12)2-3-8-11(9)16-5-4-15-8/h2-3,6H,4-5,13H2,1H3. The first-order valence-electron chi connectivity index (χ1n) is 4.99. The van der Waals surface area contributed by atoms with Gasteiger partial charge in [-0.05, 0) is 19.1 Å². The van der Waals surface area contributed by atoms with E-state index in [1.165, 1.54) is 0 Å². The molecule has 2 N–H and O–H groups in total. The molecule has 0 spiro atoms. The van der Waals surface area contributed by atoms with E-state index in [0.717, 1.165) is 0 Å². The molecule has 2 rings (SSSR count). The molecule has 1 aliphatic rings. The molecule has 1 aromatic rings. The van der Waals surface area contributed by atoms with Crippen molar-refractivity contribution < 1.29 is 14.3 Å². The van der Waals surface area contributed by atoms with Crippen molar-refractivity contribution >= 4 is 17.4 Å². The number of ether oxygens (including phenoxy) is 2. The minimum atomic E-state index is -0.616. The van der Waals surface area contributed by atoms with Crippen LogP contribution >= 0.6 is 11.6 Å². The maximum atomic E-state index is 11.9. The number of hydrogen-bond acceptors (Lipinski definition) is 4. The monoisotopic (exact) mass is 241 g/mol. The minimum Gasteiger partial charge on any atom is -0.486 e. The van der Waals surface area contributed by atoms with Crippen LogP contribution in [0.2, 0.25) is 5.02 Å². The first-order chi connectivity index (χ1) is 7.61. The van der Waals surface area contributed by atoms with Crippen LogP contribution in [0.1, 0.15) is 17.3 Å². The Morgan fingerprint density at radius 2 is 2.12 bits per heavy atom. The predicted octanol–water partition coefficient (Wildman–Crippen LogP) is 1.64. The van der Waals surface area contributed by atoms with Gasteiger partial charge in [0.2, 0.25) is 0 Å². The Balaban J connectivity index is 2.54. The van der Waals surface area contributed by atoms with Crippen molar-refractivity contribution in [3.8, 4) is 11.5 Å². The molecule has 1 unspecified atom stereocenters. The SMILES string of the molecule is CC(N)C(=O)c1c(Cl)ccc2c1OCCO2. The van der Waals surface area contributed by atoms with Crippen LogP contribution in [-0.4, -0.2) is 25.0 Å². The number of halogens is 1. The highest BCUT2D eigenvalue weighted by Crippen LogP contribution is 2.38.